The lowest BCUT2D eigenvalue weighted by atomic mass is 10.1. The fraction of sp³-hybridized carbons (Fsp3) is 0.188. The SMILES string of the molecule is Cc1ccc(C)c(NC(=O)C(=O)NCc2cccnc2)c1. The van der Waals surface area contributed by atoms with Crippen molar-refractivity contribution in [1.29, 1.82) is 0 Å². The summed E-state index contributed by atoms with van der Waals surface area (Å²) in [5, 5.41) is 5.18. The van der Waals surface area contributed by atoms with Gasteiger partial charge in [-0.25, -0.2) is 0 Å². The molecule has 2 aromatic rings. The second-order valence-corrected chi connectivity index (χ2v) is 4.82. The molecular formula is C16H17N3O2. The standard InChI is InChI=1S/C16H17N3O2/c1-11-5-6-12(2)14(8-11)19-16(21)15(20)18-10-13-4-3-7-17-9-13/h3-9H,10H2,1-2H3,(H,18,20)(H,19,21). The first-order valence-corrected chi connectivity index (χ1v) is 6.61. The molecular weight excluding hydrogens is 266 g/mol. The molecule has 2 rings (SSSR count). The monoisotopic (exact) mass is 283 g/mol. The molecule has 108 valence electrons. The number of hydrogen-bond acceptors (Lipinski definition) is 3. The highest BCUT2D eigenvalue weighted by Gasteiger charge is 2.14. The molecule has 0 saturated carbocycles. The predicted molar refractivity (Wildman–Crippen MR) is 80.6 cm³/mol. The average molecular weight is 283 g/mol. The summed E-state index contributed by atoms with van der Waals surface area (Å²) in [6.45, 7) is 4.08. The lowest BCUT2D eigenvalue weighted by Gasteiger charge is -2.09. The van der Waals surface area contributed by atoms with Gasteiger partial charge in [-0.05, 0) is 42.7 Å². The van der Waals surface area contributed by atoms with Crippen molar-refractivity contribution < 1.29 is 9.59 Å². The van der Waals surface area contributed by atoms with E-state index in [4.69, 9.17) is 0 Å². The third-order valence-electron chi connectivity index (χ3n) is 3.02. The van der Waals surface area contributed by atoms with E-state index in [-0.39, 0.29) is 6.54 Å². The van der Waals surface area contributed by atoms with Gasteiger partial charge in [0.2, 0.25) is 0 Å². The fourth-order valence-electron chi connectivity index (χ4n) is 1.81. The minimum atomic E-state index is -0.674. The first kappa shape index (κ1) is 14.7. The Morgan fingerprint density at radius 2 is 1.95 bits per heavy atom. The van der Waals surface area contributed by atoms with E-state index in [1.807, 2.05) is 38.1 Å². The number of amides is 2. The molecule has 0 fully saturated rings. The normalized spacial score (nSPS) is 10.0. The summed E-state index contributed by atoms with van der Waals surface area (Å²) in [6, 6.07) is 9.29. The van der Waals surface area contributed by atoms with Crippen molar-refractivity contribution in [1.82, 2.24) is 10.3 Å². The highest BCUT2D eigenvalue weighted by Crippen LogP contribution is 2.16. The smallest absolute Gasteiger partial charge is 0.313 e. The lowest BCUT2D eigenvalue weighted by molar-refractivity contribution is -0.136. The zero-order valence-corrected chi connectivity index (χ0v) is 12.0. The third kappa shape index (κ3) is 4.14. The third-order valence-corrected chi connectivity index (χ3v) is 3.02. The van der Waals surface area contributed by atoms with Gasteiger partial charge in [-0.3, -0.25) is 14.6 Å². The number of aromatic nitrogens is 1. The maximum atomic E-state index is 11.9. The minimum Gasteiger partial charge on any atom is -0.344 e. The quantitative estimate of drug-likeness (QED) is 0.846. The molecule has 0 bridgehead atoms. The second-order valence-electron chi connectivity index (χ2n) is 4.82. The van der Waals surface area contributed by atoms with Gasteiger partial charge in [0.15, 0.2) is 0 Å². The van der Waals surface area contributed by atoms with Crippen molar-refractivity contribution in [2.75, 3.05) is 5.32 Å². The molecule has 1 aromatic carbocycles. The van der Waals surface area contributed by atoms with E-state index in [0.717, 1.165) is 16.7 Å². The van der Waals surface area contributed by atoms with Crippen LogP contribution < -0.4 is 10.6 Å². The second kappa shape index (κ2) is 6.65. The molecule has 0 aliphatic carbocycles. The number of rotatable bonds is 3. The van der Waals surface area contributed by atoms with Gasteiger partial charge in [-0.2, -0.15) is 0 Å². The summed E-state index contributed by atoms with van der Waals surface area (Å²) < 4.78 is 0. The summed E-state index contributed by atoms with van der Waals surface area (Å²) >= 11 is 0. The van der Waals surface area contributed by atoms with Crippen LogP contribution in [0.25, 0.3) is 0 Å². The maximum absolute atomic E-state index is 11.9. The van der Waals surface area contributed by atoms with Crippen LogP contribution in [-0.2, 0) is 16.1 Å². The Morgan fingerprint density at radius 3 is 2.67 bits per heavy atom. The molecule has 5 heteroatoms. The van der Waals surface area contributed by atoms with E-state index in [9.17, 15) is 9.59 Å². The average Bonchev–Trinajstić information content (AvgIpc) is 2.49. The van der Waals surface area contributed by atoms with Gasteiger partial charge in [0.25, 0.3) is 0 Å². The highest BCUT2D eigenvalue weighted by molar-refractivity contribution is 6.39. The molecule has 1 heterocycles. The molecule has 0 spiro atoms. The van der Waals surface area contributed by atoms with Gasteiger partial charge >= 0.3 is 11.8 Å². The molecule has 2 amide bonds. The largest absolute Gasteiger partial charge is 0.344 e. The van der Waals surface area contributed by atoms with Gasteiger partial charge in [0.05, 0.1) is 0 Å². The molecule has 0 aliphatic heterocycles. The van der Waals surface area contributed by atoms with Crippen LogP contribution >= 0.6 is 0 Å². The zero-order valence-electron chi connectivity index (χ0n) is 12.0. The van der Waals surface area contributed by atoms with Crippen LogP contribution in [-0.4, -0.2) is 16.8 Å². The van der Waals surface area contributed by atoms with E-state index < -0.39 is 11.8 Å². The van der Waals surface area contributed by atoms with Crippen LogP contribution in [0.15, 0.2) is 42.7 Å². The Balaban J connectivity index is 1.94. The van der Waals surface area contributed by atoms with E-state index in [0.29, 0.717) is 5.69 Å². The maximum Gasteiger partial charge on any atom is 0.313 e. The van der Waals surface area contributed by atoms with Crippen molar-refractivity contribution in [3.05, 3.63) is 59.4 Å². The summed E-state index contributed by atoms with van der Waals surface area (Å²) in [4.78, 5) is 27.6. The number of aryl methyl sites for hydroxylation is 2. The number of anilines is 1. The Kier molecular flexibility index (Phi) is 4.66. The van der Waals surface area contributed by atoms with Crippen molar-refractivity contribution in [3.8, 4) is 0 Å². The minimum absolute atomic E-state index is 0.271. The van der Waals surface area contributed by atoms with Gasteiger partial charge in [-0.15, -0.1) is 0 Å². The topological polar surface area (TPSA) is 71.1 Å². The summed E-state index contributed by atoms with van der Waals surface area (Å²) in [6.07, 6.45) is 3.29. The van der Waals surface area contributed by atoms with E-state index >= 15 is 0 Å². The fourth-order valence-corrected chi connectivity index (χ4v) is 1.81. The number of benzene rings is 1. The van der Waals surface area contributed by atoms with Crippen molar-refractivity contribution in [3.63, 3.8) is 0 Å². The molecule has 0 saturated heterocycles. The van der Waals surface area contributed by atoms with Crippen LogP contribution in [0.1, 0.15) is 16.7 Å². The van der Waals surface area contributed by atoms with Crippen LogP contribution in [0.3, 0.4) is 0 Å². The number of hydrogen-bond donors (Lipinski definition) is 2. The number of nitrogens with zero attached hydrogens (tertiary/aromatic N) is 1. The molecule has 21 heavy (non-hydrogen) atoms. The van der Waals surface area contributed by atoms with Gasteiger partial charge in [-0.1, -0.05) is 18.2 Å². The molecule has 5 nitrogen and oxygen atoms in total. The summed E-state index contributed by atoms with van der Waals surface area (Å²) in [5.74, 6) is -1.34. The predicted octanol–water partition coefficient (Wildman–Crippen LogP) is 1.95. The number of carbonyl (C=O) groups excluding carboxylic acids is 2. The Labute approximate surface area is 123 Å². The first-order chi connectivity index (χ1) is 10.1. The molecule has 0 aliphatic rings. The highest BCUT2D eigenvalue weighted by atomic mass is 16.2. The number of carbonyl (C=O) groups is 2. The van der Waals surface area contributed by atoms with Crippen LogP contribution in [0.4, 0.5) is 5.69 Å². The molecule has 0 unspecified atom stereocenters. The lowest BCUT2D eigenvalue weighted by Crippen LogP contribution is -2.35. The van der Waals surface area contributed by atoms with Crippen LogP contribution in [0, 0.1) is 13.8 Å². The zero-order chi connectivity index (χ0) is 15.2. The van der Waals surface area contributed by atoms with Crippen molar-refractivity contribution >= 4 is 17.5 Å². The van der Waals surface area contributed by atoms with Gasteiger partial charge in [0, 0.05) is 24.6 Å². The van der Waals surface area contributed by atoms with Gasteiger partial charge < -0.3 is 10.6 Å². The van der Waals surface area contributed by atoms with Crippen LogP contribution in [0.2, 0.25) is 0 Å². The molecule has 1 aromatic heterocycles. The molecule has 0 radical (unpaired) electrons. The van der Waals surface area contributed by atoms with Crippen LogP contribution in [0.5, 0.6) is 0 Å². The van der Waals surface area contributed by atoms with E-state index in [1.165, 1.54) is 0 Å². The number of nitrogens with one attached hydrogen (secondary N) is 2. The Hall–Kier alpha value is -2.69. The Morgan fingerprint density at radius 1 is 1.14 bits per heavy atom. The Bertz CT molecular complexity index is 654. The summed E-state index contributed by atoms with van der Waals surface area (Å²) in [7, 11) is 0. The summed E-state index contributed by atoms with van der Waals surface area (Å²) in [5.41, 5.74) is 3.42. The van der Waals surface area contributed by atoms with Crippen molar-refractivity contribution in [2.45, 2.75) is 20.4 Å². The molecule has 2 N–H and O–H groups in total. The van der Waals surface area contributed by atoms with Gasteiger partial charge in [0.1, 0.15) is 0 Å². The molecule has 0 atom stereocenters. The van der Waals surface area contributed by atoms with E-state index in [1.54, 1.807) is 18.5 Å². The van der Waals surface area contributed by atoms with Crippen molar-refractivity contribution in [2.24, 2.45) is 0 Å². The first-order valence-electron chi connectivity index (χ1n) is 6.61. The van der Waals surface area contributed by atoms with E-state index in [2.05, 4.69) is 15.6 Å². The number of pyridine rings is 1.